The predicted molar refractivity (Wildman–Crippen MR) is 103 cm³/mol. The van der Waals surface area contributed by atoms with E-state index in [0.717, 1.165) is 6.42 Å². The molecule has 0 aliphatic heterocycles. The van der Waals surface area contributed by atoms with Crippen LogP contribution in [0.25, 0.3) is 0 Å². The normalized spacial score (nSPS) is 10.4. The molecule has 0 amide bonds. The molecule has 2 rings (SSSR count). The number of benzene rings is 1. The molecule has 0 bridgehead atoms. The Morgan fingerprint density at radius 3 is 2.21 bits per heavy atom. The summed E-state index contributed by atoms with van der Waals surface area (Å²) in [4.78, 5) is 38.8. The Bertz CT molecular complexity index is 868. The van der Waals surface area contributed by atoms with Crippen LogP contribution in [-0.2, 0) is 9.53 Å². The van der Waals surface area contributed by atoms with Crippen molar-refractivity contribution in [3.05, 3.63) is 46.8 Å². The summed E-state index contributed by atoms with van der Waals surface area (Å²) in [5.41, 5.74) is 1.94. The summed E-state index contributed by atoms with van der Waals surface area (Å²) in [5, 5.41) is 0. The molecule has 0 spiro atoms. The Kier molecular flexibility index (Phi) is 7.37. The van der Waals surface area contributed by atoms with Crippen LogP contribution in [-0.4, -0.2) is 42.3 Å². The van der Waals surface area contributed by atoms with Crippen LogP contribution < -0.4 is 9.47 Å². The first-order valence-corrected chi connectivity index (χ1v) is 9.08. The van der Waals surface area contributed by atoms with Gasteiger partial charge in [-0.1, -0.05) is 19.1 Å². The molecule has 1 aromatic carbocycles. The summed E-state index contributed by atoms with van der Waals surface area (Å²) in [6, 6.07) is 7.03. The van der Waals surface area contributed by atoms with Gasteiger partial charge in [-0.2, -0.15) is 0 Å². The Hall–Kier alpha value is -3.09. The van der Waals surface area contributed by atoms with Gasteiger partial charge in [0, 0.05) is 11.3 Å². The number of nitrogens with one attached hydrogen (secondary N) is 1. The van der Waals surface area contributed by atoms with E-state index in [1.165, 1.54) is 6.92 Å². The van der Waals surface area contributed by atoms with Crippen LogP contribution in [0, 0.1) is 13.8 Å². The Balaban J connectivity index is 1.91. The number of ether oxygens (including phenoxy) is 3. The van der Waals surface area contributed by atoms with E-state index in [0.29, 0.717) is 34.9 Å². The second-order valence-electron chi connectivity index (χ2n) is 6.35. The van der Waals surface area contributed by atoms with E-state index in [2.05, 4.69) is 4.98 Å². The van der Waals surface area contributed by atoms with E-state index in [4.69, 9.17) is 14.2 Å². The lowest BCUT2D eigenvalue weighted by atomic mass is 10.1. The molecule has 0 unspecified atom stereocenters. The summed E-state index contributed by atoms with van der Waals surface area (Å²) in [6.45, 7) is 6.59. The van der Waals surface area contributed by atoms with Gasteiger partial charge in [0.25, 0.3) is 0 Å². The highest BCUT2D eigenvalue weighted by molar-refractivity contribution is 6.04. The van der Waals surface area contributed by atoms with E-state index in [1.54, 1.807) is 32.0 Å². The maximum absolute atomic E-state index is 12.3. The van der Waals surface area contributed by atoms with Crippen LogP contribution in [0.3, 0.4) is 0 Å². The number of ketones is 2. The molecule has 0 atom stereocenters. The Morgan fingerprint density at radius 1 is 1.00 bits per heavy atom. The number of esters is 1. The lowest BCUT2D eigenvalue weighted by Crippen LogP contribution is -2.20. The van der Waals surface area contributed by atoms with Crippen LogP contribution in [0.4, 0.5) is 0 Å². The van der Waals surface area contributed by atoms with Gasteiger partial charge in [0.15, 0.2) is 30.5 Å². The highest BCUT2D eigenvalue weighted by Crippen LogP contribution is 2.26. The minimum Gasteiger partial charge on any atom is -0.490 e. The van der Waals surface area contributed by atoms with Gasteiger partial charge in [-0.15, -0.1) is 0 Å². The van der Waals surface area contributed by atoms with Crippen LogP contribution in [0.1, 0.15) is 52.4 Å². The van der Waals surface area contributed by atoms with Gasteiger partial charge in [0.2, 0.25) is 5.78 Å². The summed E-state index contributed by atoms with van der Waals surface area (Å²) in [6.07, 6.45) is 0.849. The third-order valence-electron chi connectivity index (χ3n) is 4.09. The maximum atomic E-state index is 12.3. The van der Waals surface area contributed by atoms with Crippen molar-refractivity contribution in [2.75, 3.05) is 19.8 Å². The van der Waals surface area contributed by atoms with E-state index >= 15 is 0 Å². The monoisotopic (exact) mass is 387 g/mol. The average Bonchev–Trinajstić information content (AvgIpc) is 2.97. The predicted octanol–water partition coefficient (Wildman–Crippen LogP) is 3.43. The molecule has 1 heterocycles. The topological polar surface area (TPSA) is 94.7 Å². The molecule has 0 saturated heterocycles. The van der Waals surface area contributed by atoms with Crippen LogP contribution in [0.5, 0.6) is 11.5 Å². The molecule has 28 heavy (non-hydrogen) atoms. The molecular weight excluding hydrogens is 362 g/mol. The van der Waals surface area contributed by atoms with Crippen molar-refractivity contribution in [1.82, 2.24) is 4.98 Å². The lowest BCUT2D eigenvalue weighted by molar-refractivity contribution is -0.144. The molecule has 150 valence electrons. The molecule has 1 aromatic heterocycles. The molecular formula is C21H25NO6. The van der Waals surface area contributed by atoms with Crippen LogP contribution >= 0.6 is 0 Å². The largest absolute Gasteiger partial charge is 0.490 e. The van der Waals surface area contributed by atoms with Gasteiger partial charge in [-0.3, -0.25) is 9.59 Å². The minimum absolute atomic E-state index is 0.125. The third-order valence-corrected chi connectivity index (χ3v) is 4.09. The SMILES string of the molecule is CCCOc1ccccc1OCC(=O)OCC(=O)c1[nH]c(C)c(C(C)=O)c1C. The first-order chi connectivity index (χ1) is 13.3. The van der Waals surface area contributed by atoms with Gasteiger partial charge in [0.1, 0.15) is 0 Å². The fraction of sp³-hybridized carbons (Fsp3) is 0.381. The van der Waals surface area contributed by atoms with Crippen molar-refractivity contribution in [2.24, 2.45) is 0 Å². The van der Waals surface area contributed by atoms with Crippen molar-refractivity contribution in [2.45, 2.75) is 34.1 Å². The zero-order chi connectivity index (χ0) is 20.7. The molecule has 7 nitrogen and oxygen atoms in total. The maximum Gasteiger partial charge on any atom is 0.344 e. The number of carbonyl (C=O) groups excluding carboxylic acids is 3. The minimum atomic E-state index is -0.675. The molecule has 2 aromatic rings. The summed E-state index contributed by atoms with van der Waals surface area (Å²) < 4.78 is 16.0. The zero-order valence-electron chi connectivity index (χ0n) is 16.6. The van der Waals surface area contributed by atoms with Crippen molar-refractivity contribution in [1.29, 1.82) is 0 Å². The quantitative estimate of drug-likeness (QED) is 0.496. The molecule has 0 aliphatic rings. The molecule has 0 fully saturated rings. The van der Waals surface area contributed by atoms with Crippen molar-refractivity contribution in [3.63, 3.8) is 0 Å². The van der Waals surface area contributed by atoms with Gasteiger partial charge < -0.3 is 19.2 Å². The number of Topliss-reactive ketones (excluding diaryl/α,β-unsaturated/α-hetero) is 2. The number of rotatable bonds is 10. The fourth-order valence-electron chi connectivity index (χ4n) is 2.85. The Labute approximate surface area is 164 Å². The highest BCUT2D eigenvalue weighted by Gasteiger charge is 2.21. The first-order valence-electron chi connectivity index (χ1n) is 9.08. The van der Waals surface area contributed by atoms with E-state index in [1.807, 2.05) is 13.0 Å². The van der Waals surface area contributed by atoms with E-state index in [9.17, 15) is 14.4 Å². The number of aromatic nitrogens is 1. The number of aromatic amines is 1. The van der Waals surface area contributed by atoms with Gasteiger partial charge >= 0.3 is 5.97 Å². The van der Waals surface area contributed by atoms with Gasteiger partial charge in [-0.05, 0) is 44.9 Å². The summed E-state index contributed by atoms with van der Waals surface area (Å²) in [7, 11) is 0. The van der Waals surface area contributed by atoms with Crippen LogP contribution in [0.15, 0.2) is 24.3 Å². The summed E-state index contributed by atoms with van der Waals surface area (Å²) in [5.74, 6) is -0.234. The first kappa shape index (κ1) is 21.2. The van der Waals surface area contributed by atoms with Crippen molar-refractivity contribution < 1.29 is 28.6 Å². The van der Waals surface area contributed by atoms with Gasteiger partial charge in [0.05, 0.1) is 12.3 Å². The van der Waals surface area contributed by atoms with Crippen molar-refractivity contribution >= 4 is 17.5 Å². The third kappa shape index (κ3) is 5.22. The smallest absolute Gasteiger partial charge is 0.344 e. The summed E-state index contributed by atoms with van der Waals surface area (Å²) >= 11 is 0. The zero-order valence-corrected chi connectivity index (χ0v) is 16.6. The molecule has 0 radical (unpaired) electrons. The average molecular weight is 387 g/mol. The van der Waals surface area contributed by atoms with E-state index in [-0.39, 0.29) is 18.1 Å². The number of para-hydroxylation sites is 2. The fourth-order valence-corrected chi connectivity index (χ4v) is 2.85. The second-order valence-corrected chi connectivity index (χ2v) is 6.35. The lowest BCUT2D eigenvalue weighted by Gasteiger charge is -2.11. The van der Waals surface area contributed by atoms with Crippen molar-refractivity contribution in [3.8, 4) is 11.5 Å². The number of aryl methyl sites for hydroxylation is 1. The number of H-pyrrole nitrogens is 1. The highest BCUT2D eigenvalue weighted by atomic mass is 16.6. The molecule has 1 N–H and O–H groups in total. The Morgan fingerprint density at radius 2 is 1.64 bits per heavy atom. The van der Waals surface area contributed by atoms with Crippen LogP contribution in [0.2, 0.25) is 0 Å². The molecule has 0 aliphatic carbocycles. The van der Waals surface area contributed by atoms with E-state index < -0.39 is 18.4 Å². The van der Waals surface area contributed by atoms with Gasteiger partial charge in [-0.25, -0.2) is 4.79 Å². The second kappa shape index (κ2) is 9.73. The molecule has 0 saturated carbocycles. The standard InChI is InChI=1S/C21H25NO6/c1-5-10-26-17-8-6-7-9-18(17)27-12-19(25)28-11-16(24)21-13(2)20(15(4)23)14(3)22-21/h6-9,22H,5,10-12H2,1-4H3. The number of carbonyl (C=O) groups is 3. The number of hydrogen-bond acceptors (Lipinski definition) is 6. The number of hydrogen-bond donors (Lipinski definition) is 1. The molecule has 7 heteroatoms.